The van der Waals surface area contributed by atoms with E-state index in [0.717, 1.165) is 28.5 Å². The molecule has 0 saturated heterocycles. The first-order chi connectivity index (χ1) is 12.3. The highest BCUT2D eigenvalue weighted by molar-refractivity contribution is 5.99. The van der Waals surface area contributed by atoms with Crippen LogP contribution in [0.3, 0.4) is 0 Å². The van der Waals surface area contributed by atoms with E-state index in [-0.39, 0.29) is 6.03 Å². The lowest BCUT2D eigenvalue weighted by Crippen LogP contribution is -2.38. The normalized spacial score (nSPS) is 14.0. The zero-order valence-electron chi connectivity index (χ0n) is 13.5. The number of rotatable bonds is 1. The quantitative estimate of drug-likeness (QED) is 0.498. The minimum Gasteiger partial charge on any atom is -0.357 e. The molecule has 124 valence electrons. The minimum atomic E-state index is -0.124. The summed E-state index contributed by atoms with van der Waals surface area (Å²) < 4.78 is 0. The van der Waals surface area contributed by atoms with Crippen molar-refractivity contribution in [3.8, 4) is 0 Å². The van der Waals surface area contributed by atoms with Gasteiger partial charge in [0.15, 0.2) is 5.82 Å². The van der Waals surface area contributed by atoms with E-state index in [9.17, 15) is 4.79 Å². The van der Waals surface area contributed by atoms with Gasteiger partial charge in [0.05, 0.1) is 12.1 Å². The molecule has 0 unspecified atom stereocenters. The molecule has 1 aliphatic rings. The third-order valence-corrected chi connectivity index (χ3v) is 4.87. The average Bonchev–Trinajstić information content (AvgIpc) is 3.22. The largest absolute Gasteiger partial charge is 0.357 e. The number of para-hydroxylation sites is 2. The van der Waals surface area contributed by atoms with Crippen molar-refractivity contribution in [2.45, 2.75) is 13.0 Å². The van der Waals surface area contributed by atoms with Crippen molar-refractivity contribution in [3.05, 3.63) is 59.8 Å². The summed E-state index contributed by atoms with van der Waals surface area (Å²) in [5.41, 5.74) is 4.49. The zero-order valence-corrected chi connectivity index (χ0v) is 13.5. The fraction of sp³-hybridized carbons (Fsp3) is 0.158. The molecule has 0 bridgehead atoms. The smallest absolute Gasteiger partial charge is 0.323 e. The summed E-state index contributed by atoms with van der Waals surface area (Å²) in [6, 6.07) is 15.9. The van der Waals surface area contributed by atoms with Gasteiger partial charge in [0, 0.05) is 28.5 Å². The van der Waals surface area contributed by atoms with Crippen LogP contribution in [0.4, 0.5) is 10.6 Å². The second kappa shape index (κ2) is 5.37. The number of amides is 2. The molecule has 0 fully saturated rings. The summed E-state index contributed by atoms with van der Waals surface area (Å²) in [6.45, 7) is 1.28. The molecule has 0 saturated carbocycles. The summed E-state index contributed by atoms with van der Waals surface area (Å²) >= 11 is 0. The van der Waals surface area contributed by atoms with Crippen molar-refractivity contribution < 1.29 is 4.79 Å². The second-order valence-electron chi connectivity index (χ2n) is 6.35. The van der Waals surface area contributed by atoms with Crippen LogP contribution in [-0.4, -0.2) is 32.7 Å². The third kappa shape index (κ3) is 2.26. The van der Waals surface area contributed by atoms with E-state index >= 15 is 0 Å². The Bertz CT molecular complexity index is 1090. The molecule has 0 spiro atoms. The van der Waals surface area contributed by atoms with Gasteiger partial charge in [-0.15, -0.1) is 0 Å². The number of nitrogens with zero attached hydrogens (tertiary/aromatic N) is 2. The lowest BCUT2D eigenvalue weighted by Gasteiger charge is -2.27. The van der Waals surface area contributed by atoms with Gasteiger partial charge in [-0.3, -0.25) is 10.4 Å². The van der Waals surface area contributed by atoms with Gasteiger partial charge in [-0.05, 0) is 30.2 Å². The molecule has 0 aliphatic carbocycles. The van der Waals surface area contributed by atoms with Crippen LogP contribution in [0.1, 0.15) is 11.3 Å². The molecule has 3 heterocycles. The minimum absolute atomic E-state index is 0.124. The van der Waals surface area contributed by atoms with Crippen LogP contribution in [-0.2, 0) is 13.0 Å². The van der Waals surface area contributed by atoms with Crippen molar-refractivity contribution in [2.75, 3.05) is 11.9 Å². The highest BCUT2D eigenvalue weighted by Crippen LogP contribution is 2.28. The lowest BCUT2D eigenvalue weighted by atomic mass is 10.0. The van der Waals surface area contributed by atoms with Crippen LogP contribution in [0.5, 0.6) is 0 Å². The third-order valence-electron chi connectivity index (χ3n) is 4.87. The second-order valence-corrected chi connectivity index (χ2v) is 6.35. The Morgan fingerprint density at radius 1 is 1.04 bits per heavy atom. The maximum Gasteiger partial charge on any atom is 0.323 e. The van der Waals surface area contributed by atoms with E-state index in [4.69, 9.17) is 0 Å². The molecule has 3 N–H and O–H groups in total. The lowest BCUT2D eigenvalue weighted by molar-refractivity contribution is 0.206. The summed E-state index contributed by atoms with van der Waals surface area (Å²) in [4.78, 5) is 17.9. The maximum absolute atomic E-state index is 12.7. The number of aromatic amines is 2. The molecule has 5 rings (SSSR count). The molecule has 4 aromatic rings. The number of fused-ring (bicyclic) bond motifs is 4. The predicted octanol–water partition coefficient (Wildman–Crippen LogP) is 3.63. The number of carbonyl (C=O) groups excluding carboxylic acids is 1. The van der Waals surface area contributed by atoms with Crippen molar-refractivity contribution in [1.29, 1.82) is 0 Å². The van der Waals surface area contributed by atoms with Gasteiger partial charge in [-0.1, -0.05) is 30.3 Å². The van der Waals surface area contributed by atoms with E-state index < -0.39 is 0 Å². The standard InChI is InChI=1S/C19H17N5O/c25-19(21-18-14-6-2-4-8-16(14)22-23-18)24-10-9-13-12-5-1-3-7-15(12)20-17(13)11-24/h1-8,20H,9-11H2,(H2,21,22,23,25). The highest BCUT2D eigenvalue weighted by atomic mass is 16.2. The molecule has 2 aromatic carbocycles. The summed E-state index contributed by atoms with van der Waals surface area (Å²) in [5, 5.41) is 12.3. The topological polar surface area (TPSA) is 76.8 Å². The first-order valence-corrected chi connectivity index (χ1v) is 8.37. The first kappa shape index (κ1) is 14.1. The van der Waals surface area contributed by atoms with E-state index in [1.165, 1.54) is 10.9 Å². The van der Waals surface area contributed by atoms with Crippen LogP contribution < -0.4 is 5.32 Å². The number of hydrogen-bond donors (Lipinski definition) is 3. The number of urea groups is 1. The van der Waals surface area contributed by atoms with Crippen molar-refractivity contribution in [3.63, 3.8) is 0 Å². The Morgan fingerprint density at radius 2 is 1.80 bits per heavy atom. The molecule has 25 heavy (non-hydrogen) atoms. The molecule has 6 heteroatoms. The van der Waals surface area contributed by atoms with Gasteiger partial charge in [0.1, 0.15) is 0 Å². The van der Waals surface area contributed by atoms with Gasteiger partial charge >= 0.3 is 6.03 Å². The van der Waals surface area contributed by atoms with E-state index in [2.05, 4.69) is 38.7 Å². The van der Waals surface area contributed by atoms with Crippen molar-refractivity contribution >= 4 is 33.7 Å². The van der Waals surface area contributed by atoms with Crippen molar-refractivity contribution in [2.24, 2.45) is 0 Å². The number of carbonyl (C=O) groups is 1. The van der Waals surface area contributed by atoms with Gasteiger partial charge in [0.2, 0.25) is 0 Å². The Labute approximate surface area is 143 Å². The van der Waals surface area contributed by atoms with Crippen LogP contribution in [0.15, 0.2) is 48.5 Å². The SMILES string of the molecule is O=C(Nc1n[nH]c2ccccc12)N1CCc2c([nH]c3ccccc23)C1. The molecular formula is C19H17N5O. The molecular weight excluding hydrogens is 314 g/mol. The maximum atomic E-state index is 12.7. The number of H-pyrrole nitrogens is 2. The number of anilines is 1. The monoisotopic (exact) mass is 331 g/mol. The van der Waals surface area contributed by atoms with Gasteiger partial charge < -0.3 is 9.88 Å². The molecule has 0 radical (unpaired) electrons. The molecule has 0 atom stereocenters. The van der Waals surface area contributed by atoms with Crippen LogP contribution in [0.25, 0.3) is 21.8 Å². The number of benzene rings is 2. The van der Waals surface area contributed by atoms with E-state index in [1.807, 2.05) is 35.2 Å². The predicted molar refractivity (Wildman–Crippen MR) is 97.5 cm³/mol. The average molecular weight is 331 g/mol. The van der Waals surface area contributed by atoms with E-state index in [0.29, 0.717) is 18.9 Å². The molecule has 1 aliphatic heterocycles. The number of hydrogen-bond acceptors (Lipinski definition) is 2. The van der Waals surface area contributed by atoms with Crippen LogP contribution >= 0.6 is 0 Å². The fourth-order valence-electron chi connectivity index (χ4n) is 3.61. The Balaban J connectivity index is 1.40. The molecule has 2 amide bonds. The first-order valence-electron chi connectivity index (χ1n) is 8.37. The highest BCUT2D eigenvalue weighted by Gasteiger charge is 2.24. The summed E-state index contributed by atoms with van der Waals surface area (Å²) in [5.74, 6) is 0.572. The van der Waals surface area contributed by atoms with Gasteiger partial charge in [-0.2, -0.15) is 5.10 Å². The van der Waals surface area contributed by atoms with Crippen molar-refractivity contribution in [1.82, 2.24) is 20.1 Å². The number of aromatic nitrogens is 3. The Kier molecular flexibility index (Phi) is 3.03. The molecule has 6 nitrogen and oxygen atoms in total. The summed E-state index contributed by atoms with van der Waals surface area (Å²) in [6.07, 6.45) is 0.855. The Morgan fingerprint density at radius 3 is 2.68 bits per heavy atom. The Hall–Kier alpha value is -3.28. The summed E-state index contributed by atoms with van der Waals surface area (Å²) in [7, 11) is 0. The van der Waals surface area contributed by atoms with E-state index in [1.54, 1.807) is 0 Å². The van der Waals surface area contributed by atoms with Crippen LogP contribution in [0, 0.1) is 0 Å². The molecule has 2 aromatic heterocycles. The fourth-order valence-corrected chi connectivity index (χ4v) is 3.61. The van der Waals surface area contributed by atoms with Gasteiger partial charge in [0.25, 0.3) is 0 Å². The number of nitrogens with one attached hydrogen (secondary N) is 3. The van der Waals surface area contributed by atoms with Crippen LogP contribution in [0.2, 0.25) is 0 Å². The zero-order chi connectivity index (χ0) is 16.8. The van der Waals surface area contributed by atoms with Gasteiger partial charge in [-0.25, -0.2) is 4.79 Å².